The summed E-state index contributed by atoms with van der Waals surface area (Å²) in [5.41, 5.74) is 0. The van der Waals surface area contributed by atoms with E-state index in [-0.39, 0.29) is 0 Å². The van der Waals surface area contributed by atoms with Crippen LogP contribution in [0.15, 0.2) is 0 Å². The first-order valence-corrected chi connectivity index (χ1v) is 6.01. The molecule has 0 unspecified atom stereocenters. The largest absolute Gasteiger partial charge is 0.366 e. The monoisotopic (exact) mass is 224 g/mol. The Morgan fingerprint density at radius 2 is 1.31 bits per heavy atom. The van der Waals surface area contributed by atoms with E-state index in [1.807, 2.05) is 0 Å². The van der Waals surface area contributed by atoms with Crippen LogP contribution in [0.4, 0.5) is 0 Å². The predicted molar refractivity (Wildman–Crippen MR) is 61.8 cm³/mol. The molecular formula is C12H20N2O2. The molecule has 0 spiro atoms. The van der Waals surface area contributed by atoms with Gasteiger partial charge < -0.3 is 9.47 Å². The normalized spacial score (nSPS) is 23.8. The number of hydrogen-bond donors (Lipinski definition) is 0. The van der Waals surface area contributed by atoms with E-state index in [2.05, 4.69) is 21.6 Å². The van der Waals surface area contributed by atoms with Gasteiger partial charge in [-0.2, -0.15) is 0 Å². The summed E-state index contributed by atoms with van der Waals surface area (Å²) in [6.45, 7) is 7.15. The van der Waals surface area contributed by atoms with Gasteiger partial charge in [0.05, 0.1) is 26.6 Å². The van der Waals surface area contributed by atoms with Gasteiger partial charge in [0.2, 0.25) is 0 Å². The van der Waals surface area contributed by atoms with Crippen LogP contribution in [0.2, 0.25) is 0 Å². The van der Waals surface area contributed by atoms with Crippen molar-refractivity contribution in [2.45, 2.75) is 12.8 Å². The van der Waals surface area contributed by atoms with Crippen LogP contribution in [0, 0.1) is 11.8 Å². The number of rotatable bonds is 2. The molecule has 90 valence electrons. The number of ether oxygens (including phenoxy) is 2. The SMILES string of the molecule is C(#CCN1CCCOC1)CN1CCCOC1. The molecule has 2 aliphatic heterocycles. The van der Waals surface area contributed by atoms with E-state index < -0.39 is 0 Å². The van der Waals surface area contributed by atoms with Crippen LogP contribution >= 0.6 is 0 Å². The van der Waals surface area contributed by atoms with Gasteiger partial charge in [-0.25, -0.2) is 0 Å². The van der Waals surface area contributed by atoms with Crippen molar-refractivity contribution in [2.75, 3.05) is 52.9 Å². The van der Waals surface area contributed by atoms with Crippen LogP contribution < -0.4 is 0 Å². The van der Waals surface area contributed by atoms with E-state index in [4.69, 9.17) is 9.47 Å². The maximum atomic E-state index is 5.36. The molecule has 0 atom stereocenters. The Bertz CT molecular complexity index is 223. The standard InChI is InChI=1S/C12H20N2O2/c1(5-13-7-3-9-15-11-13)2-6-14-8-4-10-16-12-14/h3-12H2. The van der Waals surface area contributed by atoms with E-state index in [0.29, 0.717) is 0 Å². The van der Waals surface area contributed by atoms with E-state index in [1.165, 1.54) is 0 Å². The second-order valence-corrected chi connectivity index (χ2v) is 4.24. The molecule has 2 saturated heterocycles. The summed E-state index contributed by atoms with van der Waals surface area (Å²) in [7, 11) is 0. The predicted octanol–water partition coefficient (Wildman–Crippen LogP) is 0.349. The van der Waals surface area contributed by atoms with Crippen LogP contribution in [0.25, 0.3) is 0 Å². The molecule has 4 nitrogen and oxygen atoms in total. The molecule has 0 N–H and O–H groups in total. The molecule has 0 aromatic heterocycles. The summed E-state index contributed by atoms with van der Waals surface area (Å²) in [5, 5.41) is 0. The Balaban J connectivity index is 1.61. The summed E-state index contributed by atoms with van der Waals surface area (Å²) in [6.07, 6.45) is 2.25. The summed E-state index contributed by atoms with van der Waals surface area (Å²) in [6, 6.07) is 0. The van der Waals surface area contributed by atoms with Crippen LogP contribution in [0.3, 0.4) is 0 Å². The quantitative estimate of drug-likeness (QED) is 0.632. The summed E-state index contributed by atoms with van der Waals surface area (Å²) in [4.78, 5) is 4.48. The van der Waals surface area contributed by atoms with Gasteiger partial charge in [-0.3, -0.25) is 9.80 Å². The minimum atomic E-state index is 0.738. The minimum absolute atomic E-state index is 0.738. The zero-order valence-corrected chi connectivity index (χ0v) is 9.78. The van der Waals surface area contributed by atoms with Gasteiger partial charge >= 0.3 is 0 Å². The topological polar surface area (TPSA) is 24.9 Å². The van der Waals surface area contributed by atoms with Crippen molar-refractivity contribution in [1.82, 2.24) is 9.80 Å². The van der Waals surface area contributed by atoms with Gasteiger partial charge in [-0.1, -0.05) is 11.8 Å². The molecular weight excluding hydrogens is 204 g/mol. The van der Waals surface area contributed by atoms with Crippen molar-refractivity contribution >= 4 is 0 Å². The fraction of sp³-hybridized carbons (Fsp3) is 0.833. The third kappa shape index (κ3) is 4.11. The average Bonchev–Trinajstić information content (AvgIpc) is 2.37. The molecule has 0 amide bonds. The van der Waals surface area contributed by atoms with E-state index in [1.54, 1.807) is 0 Å². The first-order valence-electron chi connectivity index (χ1n) is 6.01. The highest BCUT2D eigenvalue weighted by molar-refractivity contribution is 5.03. The van der Waals surface area contributed by atoms with Crippen LogP contribution in [-0.2, 0) is 9.47 Å². The molecule has 4 heteroatoms. The average molecular weight is 224 g/mol. The molecule has 0 bridgehead atoms. The second-order valence-electron chi connectivity index (χ2n) is 4.24. The van der Waals surface area contributed by atoms with E-state index in [9.17, 15) is 0 Å². The van der Waals surface area contributed by atoms with Crippen molar-refractivity contribution in [3.05, 3.63) is 0 Å². The molecule has 2 heterocycles. The van der Waals surface area contributed by atoms with Crippen LogP contribution in [0.1, 0.15) is 12.8 Å². The Morgan fingerprint density at radius 3 is 1.69 bits per heavy atom. The van der Waals surface area contributed by atoms with Crippen LogP contribution in [0.5, 0.6) is 0 Å². The molecule has 0 aromatic carbocycles. The van der Waals surface area contributed by atoms with Crippen molar-refractivity contribution in [3.63, 3.8) is 0 Å². The number of hydrogen-bond acceptors (Lipinski definition) is 4. The second kappa shape index (κ2) is 6.87. The molecule has 0 saturated carbocycles. The first kappa shape index (κ1) is 11.9. The molecule has 0 aromatic rings. The third-order valence-corrected chi connectivity index (χ3v) is 2.80. The van der Waals surface area contributed by atoms with Gasteiger partial charge in [0.25, 0.3) is 0 Å². The van der Waals surface area contributed by atoms with Crippen molar-refractivity contribution in [1.29, 1.82) is 0 Å². The van der Waals surface area contributed by atoms with E-state index >= 15 is 0 Å². The maximum absolute atomic E-state index is 5.36. The summed E-state index contributed by atoms with van der Waals surface area (Å²) in [5.74, 6) is 6.40. The van der Waals surface area contributed by atoms with Crippen molar-refractivity contribution in [3.8, 4) is 11.8 Å². The van der Waals surface area contributed by atoms with Gasteiger partial charge in [0.1, 0.15) is 0 Å². The lowest BCUT2D eigenvalue weighted by Crippen LogP contribution is -2.34. The summed E-state index contributed by atoms with van der Waals surface area (Å²) < 4.78 is 10.7. The Morgan fingerprint density at radius 1 is 0.812 bits per heavy atom. The number of nitrogens with zero attached hydrogens (tertiary/aromatic N) is 2. The van der Waals surface area contributed by atoms with Gasteiger partial charge in [-0.15, -0.1) is 0 Å². The fourth-order valence-corrected chi connectivity index (χ4v) is 1.88. The minimum Gasteiger partial charge on any atom is -0.366 e. The lowest BCUT2D eigenvalue weighted by atomic mass is 10.3. The summed E-state index contributed by atoms with van der Waals surface area (Å²) >= 11 is 0. The molecule has 2 fully saturated rings. The van der Waals surface area contributed by atoms with Crippen LogP contribution in [-0.4, -0.2) is 62.7 Å². The smallest absolute Gasteiger partial charge is 0.0997 e. The third-order valence-electron chi connectivity index (χ3n) is 2.80. The highest BCUT2D eigenvalue weighted by atomic mass is 16.5. The van der Waals surface area contributed by atoms with Gasteiger partial charge in [0.15, 0.2) is 0 Å². The maximum Gasteiger partial charge on any atom is 0.0997 e. The Hall–Kier alpha value is -0.600. The zero-order valence-electron chi connectivity index (χ0n) is 9.78. The highest BCUT2D eigenvalue weighted by Gasteiger charge is 2.09. The lowest BCUT2D eigenvalue weighted by Gasteiger charge is -2.25. The highest BCUT2D eigenvalue weighted by Crippen LogP contribution is 2.00. The Labute approximate surface area is 97.5 Å². The van der Waals surface area contributed by atoms with Crippen molar-refractivity contribution < 1.29 is 9.47 Å². The van der Waals surface area contributed by atoms with Crippen molar-refractivity contribution in [2.24, 2.45) is 0 Å². The fourth-order valence-electron chi connectivity index (χ4n) is 1.88. The molecule has 2 aliphatic rings. The van der Waals surface area contributed by atoms with E-state index in [0.717, 1.165) is 65.7 Å². The molecule has 0 radical (unpaired) electrons. The molecule has 0 aliphatic carbocycles. The van der Waals surface area contributed by atoms with Gasteiger partial charge in [-0.05, 0) is 12.8 Å². The zero-order chi connectivity index (χ0) is 11.1. The Kier molecular flexibility index (Phi) is 5.10. The first-order chi connectivity index (χ1) is 7.95. The lowest BCUT2D eigenvalue weighted by molar-refractivity contribution is -0.00715. The van der Waals surface area contributed by atoms with Gasteiger partial charge in [0, 0.05) is 26.3 Å². The molecule has 2 rings (SSSR count). The molecule has 16 heavy (non-hydrogen) atoms.